The summed E-state index contributed by atoms with van der Waals surface area (Å²) < 4.78 is 61.1. The van der Waals surface area contributed by atoms with Crippen molar-refractivity contribution in [3.8, 4) is 0 Å². The molecule has 1 saturated heterocycles. The lowest BCUT2D eigenvalue weighted by molar-refractivity contribution is 0.562. The van der Waals surface area contributed by atoms with Crippen LogP contribution >= 0.6 is 0 Å². The Hall–Kier alpha value is -1.35. The van der Waals surface area contributed by atoms with Crippen LogP contribution in [-0.4, -0.2) is 40.6 Å². The number of benzene rings is 1. The van der Waals surface area contributed by atoms with Crippen molar-refractivity contribution in [2.75, 3.05) is 27.8 Å². The van der Waals surface area contributed by atoms with E-state index in [4.69, 9.17) is 0 Å². The fourth-order valence-electron chi connectivity index (χ4n) is 2.27. The van der Waals surface area contributed by atoms with Crippen molar-refractivity contribution in [1.82, 2.24) is 0 Å². The van der Waals surface area contributed by atoms with Gasteiger partial charge >= 0.3 is 0 Å². The molecule has 0 aromatic heterocycles. The monoisotopic (exact) mass is 336 g/mol. The molecule has 6 nitrogen and oxygen atoms in total. The molecular weight excluding hydrogens is 319 g/mol. The average molecular weight is 336 g/mol. The summed E-state index contributed by atoms with van der Waals surface area (Å²) in [4.78, 5) is 0. The van der Waals surface area contributed by atoms with Crippen LogP contribution in [-0.2, 0) is 19.9 Å². The summed E-state index contributed by atoms with van der Waals surface area (Å²) in [5.41, 5.74) is 0.311. The normalized spacial score (nSPS) is 21.7. The molecule has 2 N–H and O–H groups in total. The lowest BCUT2D eigenvalue weighted by Gasteiger charge is -2.24. The van der Waals surface area contributed by atoms with E-state index in [-0.39, 0.29) is 23.2 Å². The van der Waals surface area contributed by atoms with Gasteiger partial charge in [-0.2, -0.15) is 0 Å². The predicted molar refractivity (Wildman–Crippen MR) is 80.2 cm³/mol. The number of nitrogens with one attached hydrogen (secondary N) is 2. The fraction of sp³-hybridized carbons (Fsp3) is 0.500. The van der Waals surface area contributed by atoms with E-state index < -0.39 is 25.7 Å². The first-order chi connectivity index (χ1) is 9.65. The molecule has 1 aliphatic rings. The van der Waals surface area contributed by atoms with Gasteiger partial charge in [-0.3, -0.25) is 4.72 Å². The Labute approximate surface area is 123 Å². The minimum absolute atomic E-state index is 0.0270. The van der Waals surface area contributed by atoms with Crippen molar-refractivity contribution >= 4 is 31.2 Å². The summed E-state index contributed by atoms with van der Waals surface area (Å²) in [6.45, 7) is 0. The first-order valence-corrected chi connectivity index (χ1v) is 10.1. The van der Waals surface area contributed by atoms with E-state index in [2.05, 4.69) is 10.0 Å². The van der Waals surface area contributed by atoms with Crippen LogP contribution in [0.5, 0.6) is 0 Å². The van der Waals surface area contributed by atoms with Gasteiger partial charge in [-0.25, -0.2) is 21.2 Å². The zero-order valence-corrected chi connectivity index (χ0v) is 13.1. The molecule has 1 aromatic carbocycles. The molecule has 0 spiro atoms. The summed E-state index contributed by atoms with van der Waals surface area (Å²) >= 11 is 0. The topological polar surface area (TPSA) is 92.3 Å². The van der Waals surface area contributed by atoms with Crippen molar-refractivity contribution in [1.29, 1.82) is 0 Å². The van der Waals surface area contributed by atoms with E-state index in [1.165, 1.54) is 12.1 Å². The summed E-state index contributed by atoms with van der Waals surface area (Å²) in [7, 11) is -6.63. The molecule has 1 fully saturated rings. The van der Waals surface area contributed by atoms with Crippen LogP contribution in [0.15, 0.2) is 18.2 Å². The van der Waals surface area contributed by atoms with E-state index in [1.54, 1.807) is 0 Å². The molecule has 0 radical (unpaired) electrons. The quantitative estimate of drug-likeness (QED) is 0.861. The van der Waals surface area contributed by atoms with Crippen LogP contribution in [0.25, 0.3) is 0 Å². The van der Waals surface area contributed by atoms with Gasteiger partial charge in [0.25, 0.3) is 0 Å². The summed E-state index contributed by atoms with van der Waals surface area (Å²) in [6, 6.07) is 3.65. The number of halogens is 1. The molecular formula is C12H17FN2O4S2. The van der Waals surface area contributed by atoms with Gasteiger partial charge in [0.05, 0.1) is 23.4 Å². The number of hydrogen-bond acceptors (Lipinski definition) is 5. The molecule has 2 rings (SSSR count). The van der Waals surface area contributed by atoms with Crippen LogP contribution in [0, 0.1) is 5.82 Å². The maximum atomic E-state index is 13.6. The minimum atomic E-state index is -3.58. The zero-order chi connectivity index (χ0) is 15.7. The molecule has 1 aromatic rings. The number of sulfone groups is 1. The SMILES string of the molecule is CS(=O)(=O)Nc1cc(NC2CCCS(=O)(=O)C2)ccc1F. The Bertz CT molecular complexity index is 732. The second-order valence-electron chi connectivity index (χ2n) is 5.17. The number of sulfonamides is 1. The third-order valence-electron chi connectivity index (χ3n) is 3.10. The third-order valence-corrected chi connectivity index (χ3v) is 5.51. The molecule has 1 aliphatic heterocycles. The zero-order valence-electron chi connectivity index (χ0n) is 11.5. The largest absolute Gasteiger partial charge is 0.381 e. The summed E-state index contributed by atoms with van der Waals surface area (Å²) in [6.07, 6.45) is 2.21. The number of anilines is 2. The van der Waals surface area contributed by atoms with Gasteiger partial charge in [-0.1, -0.05) is 0 Å². The molecule has 1 unspecified atom stereocenters. The van der Waals surface area contributed by atoms with E-state index in [9.17, 15) is 21.2 Å². The standard InChI is InChI=1S/C12H17FN2O4S2/c1-20(16,17)15-12-7-9(4-5-11(12)13)14-10-3-2-6-21(18,19)8-10/h4-5,7,10,14-15H,2-3,6,8H2,1H3. The Balaban J connectivity index is 2.16. The van der Waals surface area contributed by atoms with Crippen molar-refractivity contribution in [3.63, 3.8) is 0 Å². The van der Waals surface area contributed by atoms with Gasteiger partial charge in [0.15, 0.2) is 9.84 Å². The Morgan fingerprint density at radius 3 is 2.67 bits per heavy atom. The first-order valence-electron chi connectivity index (χ1n) is 6.39. The molecule has 0 bridgehead atoms. The first kappa shape index (κ1) is 16.0. The van der Waals surface area contributed by atoms with Gasteiger partial charge in [-0.05, 0) is 31.0 Å². The molecule has 9 heteroatoms. The highest BCUT2D eigenvalue weighted by molar-refractivity contribution is 7.92. The van der Waals surface area contributed by atoms with E-state index in [1.807, 2.05) is 0 Å². The summed E-state index contributed by atoms with van der Waals surface area (Å²) in [5.74, 6) is -0.475. The second kappa shape index (κ2) is 5.80. The van der Waals surface area contributed by atoms with Gasteiger partial charge in [0, 0.05) is 11.7 Å². The molecule has 1 atom stereocenters. The second-order valence-corrected chi connectivity index (χ2v) is 9.14. The van der Waals surface area contributed by atoms with E-state index in [0.717, 1.165) is 12.3 Å². The number of rotatable bonds is 4. The molecule has 1 heterocycles. The highest BCUT2D eigenvalue weighted by atomic mass is 32.2. The molecule has 0 amide bonds. The Morgan fingerprint density at radius 2 is 2.05 bits per heavy atom. The van der Waals surface area contributed by atoms with Gasteiger partial charge < -0.3 is 5.32 Å². The summed E-state index contributed by atoms with van der Waals surface area (Å²) in [5, 5.41) is 3.01. The fourth-order valence-corrected chi connectivity index (χ4v) is 4.46. The molecule has 118 valence electrons. The average Bonchev–Trinajstić information content (AvgIpc) is 2.30. The highest BCUT2D eigenvalue weighted by Gasteiger charge is 2.24. The van der Waals surface area contributed by atoms with Crippen LogP contribution in [0.4, 0.5) is 15.8 Å². The molecule has 21 heavy (non-hydrogen) atoms. The minimum Gasteiger partial charge on any atom is -0.381 e. The van der Waals surface area contributed by atoms with Crippen molar-refractivity contribution in [3.05, 3.63) is 24.0 Å². The lowest BCUT2D eigenvalue weighted by atomic mass is 10.1. The van der Waals surface area contributed by atoms with E-state index >= 15 is 0 Å². The molecule has 0 aliphatic carbocycles. The van der Waals surface area contributed by atoms with Gasteiger partial charge in [-0.15, -0.1) is 0 Å². The van der Waals surface area contributed by atoms with Crippen LogP contribution in [0.2, 0.25) is 0 Å². The Morgan fingerprint density at radius 1 is 1.33 bits per heavy atom. The van der Waals surface area contributed by atoms with Crippen molar-refractivity contribution in [2.45, 2.75) is 18.9 Å². The highest BCUT2D eigenvalue weighted by Crippen LogP contribution is 2.23. The lowest BCUT2D eigenvalue weighted by Crippen LogP contribution is -2.34. The van der Waals surface area contributed by atoms with Crippen molar-refractivity contribution in [2.24, 2.45) is 0 Å². The van der Waals surface area contributed by atoms with Crippen molar-refractivity contribution < 1.29 is 21.2 Å². The third kappa shape index (κ3) is 4.85. The van der Waals surface area contributed by atoms with Gasteiger partial charge in [0.2, 0.25) is 10.0 Å². The maximum Gasteiger partial charge on any atom is 0.229 e. The number of hydrogen-bond donors (Lipinski definition) is 2. The van der Waals surface area contributed by atoms with Gasteiger partial charge in [0.1, 0.15) is 5.82 Å². The predicted octanol–water partition coefficient (Wildman–Crippen LogP) is 1.19. The molecule has 0 saturated carbocycles. The smallest absolute Gasteiger partial charge is 0.229 e. The van der Waals surface area contributed by atoms with E-state index in [0.29, 0.717) is 18.5 Å². The van der Waals surface area contributed by atoms with Crippen LogP contribution in [0.3, 0.4) is 0 Å². The maximum absolute atomic E-state index is 13.6. The Kier molecular flexibility index (Phi) is 4.43. The van der Waals surface area contributed by atoms with Crippen LogP contribution < -0.4 is 10.0 Å². The van der Waals surface area contributed by atoms with Crippen LogP contribution in [0.1, 0.15) is 12.8 Å².